The molecule has 0 radical (unpaired) electrons. The summed E-state index contributed by atoms with van der Waals surface area (Å²) >= 11 is 0. The average Bonchev–Trinajstić information content (AvgIpc) is 3.42. The molecular formula is C28H27N5. The average molecular weight is 434 g/mol. The summed E-state index contributed by atoms with van der Waals surface area (Å²) in [5, 5.41) is 9.85. The third-order valence-corrected chi connectivity index (χ3v) is 4.79. The Morgan fingerprint density at radius 2 is 1.12 bits per heavy atom. The van der Waals surface area contributed by atoms with E-state index >= 15 is 0 Å². The van der Waals surface area contributed by atoms with Crippen LogP contribution >= 0.6 is 0 Å². The number of nitrogens with one attached hydrogen (secondary N) is 3. The Kier molecular flexibility index (Phi) is 7.85. The smallest absolute Gasteiger partial charge is 0.205 e. The molecule has 1 aliphatic heterocycles. The van der Waals surface area contributed by atoms with Crippen LogP contribution in [0.3, 0.4) is 0 Å². The van der Waals surface area contributed by atoms with E-state index < -0.39 is 0 Å². The number of hydrogen-bond acceptors (Lipinski definition) is 3. The summed E-state index contributed by atoms with van der Waals surface area (Å²) < 4.78 is 0. The first-order valence-electron chi connectivity index (χ1n) is 11.0. The number of hydrogen-bond donors (Lipinski definition) is 3. The van der Waals surface area contributed by atoms with Crippen molar-refractivity contribution in [1.29, 1.82) is 0 Å². The molecule has 1 heterocycles. The van der Waals surface area contributed by atoms with E-state index in [0.717, 1.165) is 36.0 Å². The fourth-order valence-corrected chi connectivity index (χ4v) is 3.22. The third kappa shape index (κ3) is 7.08. The van der Waals surface area contributed by atoms with Gasteiger partial charge < -0.3 is 16.0 Å². The Bertz CT molecular complexity index is 1110. The van der Waals surface area contributed by atoms with Crippen LogP contribution in [0.5, 0.6) is 0 Å². The van der Waals surface area contributed by atoms with E-state index in [1.807, 2.05) is 109 Å². The molecule has 0 fully saturated rings. The third-order valence-electron chi connectivity index (χ3n) is 4.79. The fraction of sp³-hybridized carbons (Fsp3) is 0.0714. The molecule has 5 nitrogen and oxygen atoms in total. The highest BCUT2D eigenvalue weighted by molar-refractivity contribution is 6.04. The summed E-state index contributed by atoms with van der Waals surface area (Å²) in [7, 11) is 0. The van der Waals surface area contributed by atoms with Crippen LogP contribution in [-0.4, -0.2) is 24.9 Å². The van der Waals surface area contributed by atoms with E-state index in [4.69, 9.17) is 0 Å². The fourth-order valence-electron chi connectivity index (χ4n) is 3.22. The maximum absolute atomic E-state index is 4.64. The van der Waals surface area contributed by atoms with Gasteiger partial charge in [-0.2, -0.15) is 0 Å². The first-order valence-corrected chi connectivity index (χ1v) is 11.0. The van der Waals surface area contributed by atoms with Crippen LogP contribution in [0.15, 0.2) is 131 Å². The van der Waals surface area contributed by atoms with Crippen molar-refractivity contribution in [2.45, 2.75) is 0 Å². The molecule has 164 valence electrons. The van der Waals surface area contributed by atoms with E-state index in [2.05, 4.69) is 38.1 Å². The lowest BCUT2D eigenvalue weighted by Crippen LogP contribution is -2.21. The molecule has 5 heteroatoms. The molecule has 0 saturated carbocycles. The van der Waals surface area contributed by atoms with Gasteiger partial charge in [-0.25, -0.2) is 4.99 Å². The zero-order valence-corrected chi connectivity index (χ0v) is 18.4. The van der Waals surface area contributed by atoms with Crippen LogP contribution in [0.1, 0.15) is 5.56 Å². The summed E-state index contributed by atoms with van der Waals surface area (Å²) in [6.07, 6.45) is 0. The van der Waals surface area contributed by atoms with Crippen LogP contribution in [0, 0.1) is 0 Å². The van der Waals surface area contributed by atoms with Crippen molar-refractivity contribution in [3.8, 4) is 0 Å². The number of nitrogens with zero attached hydrogens (tertiary/aromatic N) is 2. The highest BCUT2D eigenvalue weighted by atomic mass is 15.2. The largest absolute Gasteiger partial charge is 0.368 e. The number of aliphatic imine (C=N–C) groups is 2. The maximum Gasteiger partial charge on any atom is 0.205 e. The summed E-state index contributed by atoms with van der Waals surface area (Å²) in [4.78, 5) is 8.96. The molecule has 3 N–H and O–H groups in total. The van der Waals surface area contributed by atoms with Crippen molar-refractivity contribution in [2.75, 3.05) is 23.7 Å². The zero-order valence-electron chi connectivity index (χ0n) is 18.4. The van der Waals surface area contributed by atoms with Crippen LogP contribution < -0.4 is 16.0 Å². The van der Waals surface area contributed by atoms with Gasteiger partial charge in [-0.15, -0.1) is 0 Å². The SMILES string of the molecule is c1ccc(C2=NCCN2)cc1.c1ccc(N=C(Nc2ccccc2)Nc2ccccc2)cc1. The van der Waals surface area contributed by atoms with Gasteiger partial charge in [-0.3, -0.25) is 4.99 Å². The minimum Gasteiger partial charge on any atom is -0.368 e. The Morgan fingerprint density at radius 1 is 0.636 bits per heavy atom. The molecule has 0 bridgehead atoms. The molecule has 4 aromatic carbocycles. The predicted octanol–water partition coefficient (Wildman–Crippen LogP) is 5.93. The summed E-state index contributed by atoms with van der Waals surface area (Å²) in [6, 6.07) is 40.0. The van der Waals surface area contributed by atoms with Crippen molar-refractivity contribution >= 4 is 28.9 Å². The van der Waals surface area contributed by atoms with Gasteiger partial charge in [0.25, 0.3) is 0 Å². The standard InChI is InChI=1S/C19H17N3.C9H10N2/c1-4-10-16(11-5-1)20-19(21-17-12-6-2-7-13-17)22-18-14-8-3-9-15-18;1-2-4-8(5-3-1)9-10-6-7-11-9/h1-15H,(H2,20,21,22);1-5H,6-7H2,(H,10,11). The van der Waals surface area contributed by atoms with E-state index in [-0.39, 0.29) is 0 Å². The van der Waals surface area contributed by atoms with Crippen molar-refractivity contribution in [3.63, 3.8) is 0 Å². The summed E-state index contributed by atoms with van der Waals surface area (Å²) in [5.74, 6) is 1.72. The monoisotopic (exact) mass is 433 g/mol. The maximum atomic E-state index is 4.64. The molecule has 0 spiro atoms. The first kappa shape index (κ1) is 21.8. The van der Waals surface area contributed by atoms with Gasteiger partial charge in [-0.05, 0) is 36.4 Å². The van der Waals surface area contributed by atoms with Gasteiger partial charge >= 0.3 is 0 Å². The second kappa shape index (κ2) is 11.9. The molecule has 0 aliphatic carbocycles. The molecule has 0 atom stereocenters. The van der Waals surface area contributed by atoms with Crippen molar-refractivity contribution in [3.05, 3.63) is 127 Å². The molecule has 0 saturated heterocycles. The molecular weight excluding hydrogens is 406 g/mol. The second-order valence-electron chi connectivity index (χ2n) is 7.30. The quantitative estimate of drug-likeness (QED) is 0.276. The number of para-hydroxylation sites is 3. The van der Waals surface area contributed by atoms with Gasteiger partial charge in [0.2, 0.25) is 5.96 Å². The molecule has 4 aromatic rings. The Labute approximate surface area is 195 Å². The van der Waals surface area contributed by atoms with Gasteiger partial charge in [0.05, 0.1) is 12.2 Å². The summed E-state index contributed by atoms with van der Waals surface area (Å²) in [5.41, 5.74) is 4.05. The molecule has 33 heavy (non-hydrogen) atoms. The minimum absolute atomic E-state index is 0.684. The number of benzene rings is 4. The van der Waals surface area contributed by atoms with E-state index in [1.54, 1.807) is 0 Å². The number of amidine groups is 1. The van der Waals surface area contributed by atoms with Crippen molar-refractivity contribution in [1.82, 2.24) is 5.32 Å². The highest BCUT2D eigenvalue weighted by Gasteiger charge is 2.05. The number of anilines is 2. The van der Waals surface area contributed by atoms with Gasteiger partial charge in [-0.1, -0.05) is 84.9 Å². The van der Waals surface area contributed by atoms with E-state index in [9.17, 15) is 0 Å². The number of rotatable bonds is 4. The lowest BCUT2D eigenvalue weighted by molar-refractivity contribution is 0.960. The normalized spacial score (nSPS) is 11.8. The Hall–Kier alpha value is -4.38. The van der Waals surface area contributed by atoms with Crippen molar-refractivity contribution in [2.24, 2.45) is 9.98 Å². The first-order chi connectivity index (χ1) is 16.4. The predicted molar refractivity (Wildman–Crippen MR) is 140 cm³/mol. The lowest BCUT2D eigenvalue weighted by atomic mass is 10.2. The van der Waals surface area contributed by atoms with Crippen LogP contribution in [0.2, 0.25) is 0 Å². The topological polar surface area (TPSA) is 60.8 Å². The van der Waals surface area contributed by atoms with Gasteiger partial charge in [0.1, 0.15) is 5.84 Å². The van der Waals surface area contributed by atoms with Crippen molar-refractivity contribution < 1.29 is 0 Å². The molecule has 1 aliphatic rings. The van der Waals surface area contributed by atoms with Crippen LogP contribution in [-0.2, 0) is 0 Å². The summed E-state index contributed by atoms with van der Waals surface area (Å²) in [6.45, 7) is 1.88. The van der Waals surface area contributed by atoms with Gasteiger partial charge in [0.15, 0.2) is 0 Å². The molecule has 0 unspecified atom stereocenters. The van der Waals surface area contributed by atoms with Gasteiger partial charge in [0, 0.05) is 23.5 Å². The van der Waals surface area contributed by atoms with E-state index in [0.29, 0.717) is 5.96 Å². The van der Waals surface area contributed by atoms with Crippen LogP contribution in [0.4, 0.5) is 17.1 Å². The molecule has 0 aromatic heterocycles. The number of guanidine groups is 1. The highest BCUT2D eigenvalue weighted by Crippen LogP contribution is 2.14. The van der Waals surface area contributed by atoms with E-state index in [1.165, 1.54) is 5.56 Å². The van der Waals surface area contributed by atoms with Crippen LogP contribution in [0.25, 0.3) is 0 Å². The zero-order chi connectivity index (χ0) is 22.6. The Balaban J connectivity index is 0.000000196. The minimum atomic E-state index is 0.684. The Morgan fingerprint density at radius 3 is 1.61 bits per heavy atom. The molecule has 0 amide bonds. The molecule has 5 rings (SSSR count). The lowest BCUT2D eigenvalue weighted by Gasteiger charge is -2.12. The second-order valence-corrected chi connectivity index (χ2v) is 7.30.